The Morgan fingerprint density at radius 3 is 2.40 bits per heavy atom. The number of rotatable bonds is 3. The van der Waals surface area contributed by atoms with Crippen LogP contribution in [0.25, 0.3) is 0 Å². The first kappa shape index (κ1) is 11.3. The first-order valence-electron chi connectivity index (χ1n) is 5.95. The summed E-state index contributed by atoms with van der Waals surface area (Å²) in [6.07, 6.45) is 4.80. The summed E-state index contributed by atoms with van der Waals surface area (Å²) in [4.78, 5) is 11.5. The van der Waals surface area contributed by atoms with Crippen LogP contribution in [0.15, 0.2) is 0 Å². The molecule has 0 radical (unpaired) electrons. The van der Waals surface area contributed by atoms with Gasteiger partial charge in [0, 0.05) is 5.25 Å². The third-order valence-electron chi connectivity index (χ3n) is 3.91. The molecule has 2 atom stereocenters. The maximum Gasteiger partial charge on any atom is 0.308 e. The summed E-state index contributed by atoms with van der Waals surface area (Å²) in [5, 5.41) is 0.830. The van der Waals surface area contributed by atoms with Crippen LogP contribution in [0.5, 0.6) is 0 Å². The molecule has 2 saturated carbocycles. The van der Waals surface area contributed by atoms with Crippen molar-refractivity contribution >= 4 is 17.7 Å². The van der Waals surface area contributed by atoms with Crippen LogP contribution in [0.1, 0.15) is 32.6 Å². The molecule has 15 heavy (non-hydrogen) atoms. The summed E-state index contributed by atoms with van der Waals surface area (Å²) < 4.78 is 4.86. The highest BCUT2D eigenvalue weighted by Gasteiger charge is 2.44. The van der Waals surface area contributed by atoms with Crippen LogP contribution in [-0.4, -0.2) is 24.1 Å². The van der Waals surface area contributed by atoms with Crippen LogP contribution < -0.4 is 0 Å². The Morgan fingerprint density at radius 2 is 1.93 bits per heavy atom. The van der Waals surface area contributed by atoms with E-state index in [1.165, 1.54) is 25.7 Å². The van der Waals surface area contributed by atoms with Crippen molar-refractivity contribution in [2.24, 2.45) is 17.8 Å². The van der Waals surface area contributed by atoms with Gasteiger partial charge in [-0.15, -0.1) is 0 Å². The number of carbonyl (C=O) groups is 1. The van der Waals surface area contributed by atoms with Crippen LogP contribution in [0.3, 0.4) is 0 Å². The molecule has 3 heteroatoms. The zero-order valence-electron chi connectivity index (χ0n) is 9.57. The number of thioether (sulfide) groups is 1. The molecule has 2 rings (SSSR count). The standard InChI is InChI=1S/C12H20O2S/c1-3-15-11-8-4-5-9(11)7-10(6-8)12(13)14-2/h8-11H,3-7H2,1-2H3. The number of ether oxygens (including phenoxy) is 1. The van der Waals surface area contributed by atoms with Gasteiger partial charge in [-0.3, -0.25) is 4.79 Å². The maximum atomic E-state index is 11.5. The van der Waals surface area contributed by atoms with Gasteiger partial charge in [-0.2, -0.15) is 11.8 Å². The Morgan fingerprint density at radius 1 is 1.33 bits per heavy atom. The van der Waals surface area contributed by atoms with E-state index < -0.39 is 0 Å². The molecule has 2 aliphatic rings. The van der Waals surface area contributed by atoms with Crippen molar-refractivity contribution in [3.05, 3.63) is 0 Å². The molecule has 0 aromatic heterocycles. The highest BCUT2D eigenvalue weighted by Crippen LogP contribution is 2.50. The summed E-state index contributed by atoms with van der Waals surface area (Å²) in [6.45, 7) is 2.23. The van der Waals surface area contributed by atoms with Crippen molar-refractivity contribution in [3.63, 3.8) is 0 Å². The molecule has 86 valence electrons. The zero-order chi connectivity index (χ0) is 10.8. The number of carbonyl (C=O) groups excluding carboxylic acids is 1. The fourth-order valence-corrected chi connectivity index (χ4v) is 4.72. The van der Waals surface area contributed by atoms with Crippen molar-refractivity contribution in [1.29, 1.82) is 0 Å². The van der Waals surface area contributed by atoms with Gasteiger partial charge in [0.25, 0.3) is 0 Å². The first-order chi connectivity index (χ1) is 7.26. The van der Waals surface area contributed by atoms with Crippen molar-refractivity contribution in [1.82, 2.24) is 0 Å². The number of fused-ring (bicyclic) bond motifs is 2. The zero-order valence-corrected chi connectivity index (χ0v) is 10.4. The molecule has 0 heterocycles. The highest BCUT2D eigenvalue weighted by molar-refractivity contribution is 7.99. The Kier molecular flexibility index (Phi) is 3.60. The van der Waals surface area contributed by atoms with Gasteiger partial charge < -0.3 is 4.74 Å². The van der Waals surface area contributed by atoms with Gasteiger partial charge in [0.05, 0.1) is 13.0 Å². The lowest BCUT2D eigenvalue weighted by Gasteiger charge is -2.33. The number of esters is 1. The van der Waals surface area contributed by atoms with Crippen molar-refractivity contribution in [3.8, 4) is 0 Å². The number of methoxy groups -OCH3 is 1. The SMILES string of the molecule is CCSC1C2CCC1CC(C(=O)OC)C2. The Labute approximate surface area is 96.1 Å². The van der Waals surface area contributed by atoms with Gasteiger partial charge in [-0.1, -0.05) is 6.92 Å². The predicted molar refractivity (Wildman–Crippen MR) is 62.9 cm³/mol. The highest BCUT2D eigenvalue weighted by atomic mass is 32.2. The van der Waals surface area contributed by atoms with Crippen LogP contribution in [0, 0.1) is 17.8 Å². The van der Waals surface area contributed by atoms with Crippen molar-refractivity contribution in [2.45, 2.75) is 37.9 Å². The second kappa shape index (κ2) is 4.77. The van der Waals surface area contributed by atoms with Crippen LogP contribution in [0.4, 0.5) is 0 Å². The van der Waals surface area contributed by atoms with E-state index in [-0.39, 0.29) is 11.9 Å². The normalized spacial score (nSPS) is 39.1. The molecule has 2 bridgehead atoms. The average Bonchev–Trinajstić information content (AvgIpc) is 2.51. The second-order valence-electron chi connectivity index (χ2n) is 4.71. The van der Waals surface area contributed by atoms with Gasteiger partial charge in [-0.25, -0.2) is 0 Å². The smallest absolute Gasteiger partial charge is 0.308 e. The fourth-order valence-electron chi connectivity index (χ4n) is 3.30. The van der Waals surface area contributed by atoms with Crippen LogP contribution in [0.2, 0.25) is 0 Å². The molecule has 2 fully saturated rings. The molecule has 0 aromatic carbocycles. The molecule has 2 aliphatic carbocycles. The summed E-state index contributed by atoms with van der Waals surface area (Å²) in [5.41, 5.74) is 0. The lowest BCUT2D eigenvalue weighted by atomic mass is 9.80. The van der Waals surface area contributed by atoms with Gasteiger partial charge in [-0.05, 0) is 43.3 Å². The van der Waals surface area contributed by atoms with E-state index >= 15 is 0 Å². The minimum atomic E-state index is 0.0202. The average molecular weight is 228 g/mol. The summed E-state index contributed by atoms with van der Waals surface area (Å²) in [5.74, 6) is 2.98. The molecule has 2 unspecified atom stereocenters. The molecule has 0 amide bonds. The largest absolute Gasteiger partial charge is 0.469 e. The van der Waals surface area contributed by atoms with E-state index in [0.717, 1.165) is 29.9 Å². The fraction of sp³-hybridized carbons (Fsp3) is 0.917. The Balaban J connectivity index is 1.98. The Bertz CT molecular complexity index is 228. The second-order valence-corrected chi connectivity index (χ2v) is 6.16. The van der Waals surface area contributed by atoms with Gasteiger partial charge in [0.2, 0.25) is 0 Å². The molecule has 0 saturated heterocycles. The van der Waals surface area contributed by atoms with E-state index in [2.05, 4.69) is 18.7 Å². The lowest BCUT2D eigenvalue weighted by Crippen LogP contribution is -2.32. The van der Waals surface area contributed by atoms with E-state index in [4.69, 9.17) is 4.74 Å². The van der Waals surface area contributed by atoms with Crippen LogP contribution >= 0.6 is 11.8 Å². The number of hydrogen-bond donors (Lipinski definition) is 0. The number of hydrogen-bond acceptors (Lipinski definition) is 3. The lowest BCUT2D eigenvalue weighted by molar-refractivity contribution is -0.147. The van der Waals surface area contributed by atoms with Crippen molar-refractivity contribution in [2.75, 3.05) is 12.9 Å². The van der Waals surface area contributed by atoms with E-state index in [9.17, 15) is 4.79 Å². The van der Waals surface area contributed by atoms with E-state index in [1.807, 2.05) is 0 Å². The van der Waals surface area contributed by atoms with Gasteiger partial charge >= 0.3 is 5.97 Å². The van der Waals surface area contributed by atoms with Crippen molar-refractivity contribution < 1.29 is 9.53 Å². The third-order valence-corrected chi connectivity index (χ3v) is 5.39. The minimum Gasteiger partial charge on any atom is -0.469 e. The molecule has 0 aromatic rings. The summed E-state index contributed by atoms with van der Waals surface area (Å²) in [6, 6.07) is 0. The van der Waals surface area contributed by atoms with E-state index in [0.29, 0.717) is 0 Å². The summed E-state index contributed by atoms with van der Waals surface area (Å²) >= 11 is 2.10. The molecular weight excluding hydrogens is 208 g/mol. The van der Waals surface area contributed by atoms with Gasteiger partial charge in [0.15, 0.2) is 0 Å². The monoisotopic (exact) mass is 228 g/mol. The molecule has 0 N–H and O–H groups in total. The summed E-state index contributed by atoms with van der Waals surface area (Å²) in [7, 11) is 1.51. The molecule has 0 aliphatic heterocycles. The minimum absolute atomic E-state index is 0.0202. The van der Waals surface area contributed by atoms with E-state index in [1.54, 1.807) is 0 Å². The van der Waals surface area contributed by atoms with Gasteiger partial charge in [0.1, 0.15) is 0 Å². The maximum absolute atomic E-state index is 11.5. The predicted octanol–water partition coefficient (Wildman–Crippen LogP) is 2.72. The molecule has 2 nitrogen and oxygen atoms in total. The third kappa shape index (κ3) is 2.17. The van der Waals surface area contributed by atoms with Crippen LogP contribution in [-0.2, 0) is 9.53 Å². The topological polar surface area (TPSA) is 26.3 Å². The Hall–Kier alpha value is -0.180. The molecule has 0 spiro atoms. The first-order valence-corrected chi connectivity index (χ1v) is 7.00. The molecular formula is C12H20O2S. The quantitative estimate of drug-likeness (QED) is 0.695.